The summed E-state index contributed by atoms with van der Waals surface area (Å²) in [5, 5.41) is 0. The first-order valence-electron chi connectivity index (χ1n) is 5.94. The zero-order chi connectivity index (χ0) is 13.2. The number of carbonyl (C=O) groups is 1. The van der Waals surface area contributed by atoms with E-state index in [1.807, 2.05) is 31.7 Å². The fourth-order valence-electron chi connectivity index (χ4n) is 1.82. The summed E-state index contributed by atoms with van der Waals surface area (Å²) in [5.74, 6) is 0.426. The molecule has 17 heavy (non-hydrogen) atoms. The van der Waals surface area contributed by atoms with Crippen LogP contribution in [-0.4, -0.2) is 34.0 Å². The van der Waals surface area contributed by atoms with Gasteiger partial charge in [-0.1, -0.05) is 13.8 Å². The summed E-state index contributed by atoms with van der Waals surface area (Å²) in [6.45, 7) is 8.75. The van der Waals surface area contributed by atoms with E-state index in [0.717, 1.165) is 5.69 Å². The second kappa shape index (κ2) is 5.49. The highest BCUT2D eigenvalue weighted by Crippen LogP contribution is 2.20. The molecule has 0 saturated heterocycles. The maximum Gasteiger partial charge on any atom is 0.245 e. The van der Waals surface area contributed by atoms with Crippen LogP contribution in [0.4, 0.5) is 0 Å². The first-order valence-corrected chi connectivity index (χ1v) is 6.35. The first kappa shape index (κ1) is 14.0. The molecule has 5 heteroatoms. The highest BCUT2D eigenvalue weighted by molar-refractivity contribution is 7.71. The van der Waals surface area contributed by atoms with Gasteiger partial charge in [0.15, 0.2) is 4.77 Å². The van der Waals surface area contributed by atoms with Gasteiger partial charge < -0.3 is 14.5 Å². The normalized spacial score (nSPS) is 12.8. The molecule has 1 rings (SSSR count). The predicted molar refractivity (Wildman–Crippen MR) is 71.7 cm³/mol. The number of H-pyrrole nitrogens is 1. The average molecular weight is 255 g/mol. The van der Waals surface area contributed by atoms with Crippen molar-refractivity contribution in [2.75, 3.05) is 13.6 Å². The zero-order valence-electron chi connectivity index (χ0n) is 11.2. The second-order valence-corrected chi connectivity index (χ2v) is 4.96. The van der Waals surface area contributed by atoms with Gasteiger partial charge in [0.1, 0.15) is 6.04 Å². The van der Waals surface area contributed by atoms with E-state index in [1.54, 1.807) is 4.90 Å². The zero-order valence-corrected chi connectivity index (χ0v) is 12.0. The number of rotatable bonds is 4. The minimum atomic E-state index is -0.254. The molecule has 1 aromatic rings. The van der Waals surface area contributed by atoms with Crippen molar-refractivity contribution in [3.63, 3.8) is 0 Å². The van der Waals surface area contributed by atoms with Crippen LogP contribution in [0.2, 0.25) is 0 Å². The minimum Gasteiger partial charge on any atom is -0.344 e. The Hall–Kier alpha value is -1.10. The quantitative estimate of drug-likeness (QED) is 0.840. The summed E-state index contributed by atoms with van der Waals surface area (Å²) in [6, 6.07) is -0.254. The third-order valence-corrected chi connectivity index (χ3v) is 3.34. The van der Waals surface area contributed by atoms with Gasteiger partial charge in [-0.25, -0.2) is 0 Å². The van der Waals surface area contributed by atoms with E-state index in [4.69, 9.17) is 12.2 Å². The van der Waals surface area contributed by atoms with E-state index >= 15 is 0 Å². The van der Waals surface area contributed by atoms with Crippen molar-refractivity contribution in [1.29, 1.82) is 0 Å². The average Bonchev–Trinajstić information content (AvgIpc) is 2.68. The number of carbonyl (C=O) groups excluding carboxylic acids is 1. The molecular formula is C12H21N3OS. The number of aromatic nitrogens is 2. The molecule has 1 unspecified atom stereocenters. The monoisotopic (exact) mass is 255 g/mol. The van der Waals surface area contributed by atoms with Crippen molar-refractivity contribution in [3.05, 3.63) is 16.7 Å². The Morgan fingerprint density at radius 2 is 2.12 bits per heavy atom. The Kier molecular flexibility index (Phi) is 4.51. The number of amides is 1. The number of nitrogens with zero attached hydrogens (tertiary/aromatic N) is 2. The largest absolute Gasteiger partial charge is 0.344 e. The molecule has 0 fully saturated rings. The van der Waals surface area contributed by atoms with Gasteiger partial charge in [-0.3, -0.25) is 4.79 Å². The molecular weight excluding hydrogens is 234 g/mol. The lowest BCUT2D eigenvalue weighted by Crippen LogP contribution is -2.33. The van der Waals surface area contributed by atoms with E-state index in [9.17, 15) is 4.79 Å². The SMILES string of the molecule is CCN(C)C(=O)C(C)n1c(C(C)C)c[nH]c1=S. The number of aromatic amines is 1. The Balaban J connectivity index is 3.11. The van der Waals surface area contributed by atoms with Crippen molar-refractivity contribution in [1.82, 2.24) is 14.5 Å². The molecule has 0 aromatic carbocycles. The number of likely N-dealkylation sites (N-methyl/N-ethyl adjacent to an activating group) is 1. The van der Waals surface area contributed by atoms with Gasteiger partial charge in [-0.05, 0) is 32.0 Å². The molecule has 4 nitrogen and oxygen atoms in total. The summed E-state index contributed by atoms with van der Waals surface area (Å²) in [4.78, 5) is 16.9. The van der Waals surface area contributed by atoms with Gasteiger partial charge in [0.25, 0.3) is 0 Å². The van der Waals surface area contributed by atoms with E-state index < -0.39 is 0 Å². The second-order valence-electron chi connectivity index (χ2n) is 4.57. The van der Waals surface area contributed by atoms with E-state index in [0.29, 0.717) is 17.2 Å². The molecule has 0 bridgehead atoms. The van der Waals surface area contributed by atoms with Gasteiger partial charge in [-0.2, -0.15) is 0 Å². The Bertz CT molecular complexity index is 447. The topological polar surface area (TPSA) is 41.0 Å². The third kappa shape index (κ3) is 2.77. The third-order valence-electron chi connectivity index (χ3n) is 3.03. The molecule has 1 amide bonds. The minimum absolute atomic E-state index is 0.0881. The van der Waals surface area contributed by atoms with Gasteiger partial charge in [0.05, 0.1) is 0 Å². The van der Waals surface area contributed by atoms with Crippen LogP contribution in [0.3, 0.4) is 0 Å². The highest BCUT2D eigenvalue weighted by atomic mass is 32.1. The van der Waals surface area contributed by atoms with Crippen molar-refractivity contribution < 1.29 is 4.79 Å². The van der Waals surface area contributed by atoms with Gasteiger partial charge >= 0.3 is 0 Å². The van der Waals surface area contributed by atoms with Crippen LogP contribution < -0.4 is 0 Å². The van der Waals surface area contributed by atoms with Gasteiger partial charge in [0.2, 0.25) is 5.91 Å². The molecule has 0 aliphatic carbocycles. The standard InChI is InChI=1S/C12H21N3OS/c1-6-14(5)11(16)9(4)15-10(8(2)3)7-13-12(15)17/h7-9H,6H2,1-5H3,(H,13,17). The lowest BCUT2D eigenvalue weighted by molar-refractivity contribution is -0.132. The molecule has 0 radical (unpaired) electrons. The summed E-state index contributed by atoms with van der Waals surface area (Å²) >= 11 is 5.25. The van der Waals surface area contributed by atoms with E-state index in [-0.39, 0.29) is 11.9 Å². The first-order chi connectivity index (χ1) is 7.90. The summed E-state index contributed by atoms with van der Waals surface area (Å²) in [6.07, 6.45) is 1.89. The molecule has 1 aromatic heterocycles. The van der Waals surface area contributed by atoms with Gasteiger partial charge in [-0.15, -0.1) is 0 Å². The molecule has 1 N–H and O–H groups in total. The fourth-order valence-corrected chi connectivity index (χ4v) is 2.14. The maximum absolute atomic E-state index is 12.1. The van der Waals surface area contributed by atoms with E-state index in [2.05, 4.69) is 18.8 Å². The lowest BCUT2D eigenvalue weighted by atomic mass is 10.1. The van der Waals surface area contributed by atoms with Crippen LogP contribution in [0.25, 0.3) is 0 Å². The molecule has 96 valence electrons. The molecule has 0 spiro atoms. The van der Waals surface area contributed by atoms with Crippen LogP contribution in [0.5, 0.6) is 0 Å². The summed E-state index contributed by atoms with van der Waals surface area (Å²) in [5.41, 5.74) is 1.07. The summed E-state index contributed by atoms with van der Waals surface area (Å²) < 4.78 is 2.52. The molecule has 0 aliphatic rings. The Labute approximate surface area is 108 Å². The number of hydrogen-bond donors (Lipinski definition) is 1. The molecule has 1 atom stereocenters. The van der Waals surface area contributed by atoms with Crippen LogP contribution >= 0.6 is 12.2 Å². The van der Waals surface area contributed by atoms with Crippen LogP contribution in [-0.2, 0) is 4.79 Å². The molecule has 1 heterocycles. The summed E-state index contributed by atoms with van der Waals surface area (Å²) in [7, 11) is 1.81. The van der Waals surface area contributed by atoms with Crippen LogP contribution in [0, 0.1) is 4.77 Å². The molecule has 0 saturated carbocycles. The smallest absolute Gasteiger partial charge is 0.245 e. The fraction of sp³-hybridized carbons (Fsp3) is 0.667. The number of nitrogens with one attached hydrogen (secondary N) is 1. The van der Waals surface area contributed by atoms with Crippen molar-refractivity contribution >= 4 is 18.1 Å². The Morgan fingerprint density at radius 3 is 2.59 bits per heavy atom. The predicted octanol–water partition coefficient (Wildman–Crippen LogP) is 2.71. The lowest BCUT2D eigenvalue weighted by Gasteiger charge is -2.23. The van der Waals surface area contributed by atoms with Crippen molar-refractivity contribution in [2.45, 2.75) is 39.7 Å². The van der Waals surface area contributed by atoms with E-state index in [1.165, 1.54) is 0 Å². The Morgan fingerprint density at radius 1 is 1.53 bits per heavy atom. The maximum atomic E-state index is 12.1. The van der Waals surface area contributed by atoms with Crippen molar-refractivity contribution in [3.8, 4) is 0 Å². The van der Waals surface area contributed by atoms with Crippen LogP contribution in [0.1, 0.15) is 45.3 Å². The highest BCUT2D eigenvalue weighted by Gasteiger charge is 2.22. The van der Waals surface area contributed by atoms with Gasteiger partial charge in [0, 0.05) is 25.5 Å². The number of imidazole rings is 1. The number of hydrogen-bond acceptors (Lipinski definition) is 2. The molecule has 0 aliphatic heterocycles. The van der Waals surface area contributed by atoms with Crippen molar-refractivity contribution in [2.24, 2.45) is 0 Å². The van der Waals surface area contributed by atoms with Crippen LogP contribution in [0.15, 0.2) is 6.20 Å².